The molecule has 0 saturated heterocycles. The summed E-state index contributed by atoms with van der Waals surface area (Å²) in [6.07, 6.45) is 6.34. The molecule has 2 nitrogen and oxygen atoms in total. The van der Waals surface area contributed by atoms with E-state index in [9.17, 15) is 10.2 Å². The third kappa shape index (κ3) is 4.35. The van der Waals surface area contributed by atoms with Gasteiger partial charge in [-0.1, -0.05) is 70.2 Å². The Morgan fingerprint density at radius 1 is 1.26 bits per heavy atom. The summed E-state index contributed by atoms with van der Waals surface area (Å²) in [5.41, 5.74) is 3.07. The topological polar surface area (TPSA) is 40.5 Å². The monoisotopic (exact) mass is 540 g/mol. The Morgan fingerprint density at radius 3 is 2.39 bits per heavy atom. The second-order valence-electron chi connectivity index (χ2n) is 6.89. The van der Waals surface area contributed by atoms with E-state index in [0.29, 0.717) is 11.5 Å². The van der Waals surface area contributed by atoms with Crippen LogP contribution < -0.4 is 0 Å². The summed E-state index contributed by atoms with van der Waals surface area (Å²) in [6.45, 7) is 6.54. The van der Waals surface area contributed by atoms with Gasteiger partial charge in [-0.15, -0.1) is 0 Å². The summed E-state index contributed by atoms with van der Waals surface area (Å²) in [7, 11) is 0. The maximum Gasteiger partial charge on any atom is 0.123 e. The first kappa shape index (κ1) is 19.3. The van der Waals surface area contributed by atoms with Gasteiger partial charge < -0.3 is 10.2 Å². The van der Waals surface area contributed by atoms with Crippen LogP contribution in [0.2, 0.25) is 0 Å². The van der Waals surface area contributed by atoms with Gasteiger partial charge in [0.2, 0.25) is 0 Å². The van der Waals surface area contributed by atoms with Crippen molar-refractivity contribution in [3.63, 3.8) is 0 Å². The Balaban J connectivity index is 2.50. The molecule has 1 aliphatic rings. The largest absolute Gasteiger partial charge is 0.507 e. The van der Waals surface area contributed by atoms with E-state index in [0.717, 1.165) is 35.7 Å². The third-order valence-corrected chi connectivity index (χ3v) is 9.08. The fourth-order valence-corrected chi connectivity index (χ4v) is 4.85. The molecule has 2 N–H and O–H groups in total. The van der Waals surface area contributed by atoms with Gasteiger partial charge in [-0.05, 0) is 56.7 Å². The van der Waals surface area contributed by atoms with E-state index in [4.69, 9.17) is 0 Å². The quantitative estimate of drug-likeness (QED) is 0.269. The fraction of sp³-hybridized carbons (Fsp3) is 0.579. The second-order valence-corrected chi connectivity index (χ2v) is 10.1. The van der Waals surface area contributed by atoms with Gasteiger partial charge in [-0.25, -0.2) is 0 Å². The Kier molecular flexibility index (Phi) is 6.67. The second kappa shape index (κ2) is 7.93. The Hall–Kier alpha value is 0.0200. The van der Waals surface area contributed by atoms with Crippen molar-refractivity contribution < 1.29 is 10.2 Å². The van der Waals surface area contributed by atoms with Crippen molar-refractivity contribution >= 4 is 45.2 Å². The van der Waals surface area contributed by atoms with Crippen molar-refractivity contribution in [2.75, 3.05) is 4.43 Å². The van der Waals surface area contributed by atoms with Gasteiger partial charge in [0.1, 0.15) is 11.5 Å². The summed E-state index contributed by atoms with van der Waals surface area (Å²) >= 11 is 5.00. The highest BCUT2D eigenvalue weighted by molar-refractivity contribution is 14.1. The van der Waals surface area contributed by atoms with Gasteiger partial charge in [0, 0.05) is 19.3 Å². The number of aryl methyl sites for hydroxylation is 1. The summed E-state index contributed by atoms with van der Waals surface area (Å²) in [5, 5.41) is 21.2. The highest BCUT2D eigenvalue weighted by Crippen LogP contribution is 2.50. The van der Waals surface area contributed by atoms with Crippen molar-refractivity contribution in [3.8, 4) is 11.5 Å². The Morgan fingerprint density at radius 2 is 1.87 bits per heavy atom. The molecule has 4 heteroatoms. The van der Waals surface area contributed by atoms with Gasteiger partial charge in [0.25, 0.3) is 0 Å². The number of phenolic OH excluding ortho intramolecular Hbond substituents is 2. The first-order chi connectivity index (χ1) is 10.8. The van der Waals surface area contributed by atoms with E-state index in [2.05, 4.69) is 72.0 Å². The molecule has 0 saturated carbocycles. The number of phenols is 2. The molecule has 0 bridgehead atoms. The predicted octanol–water partition coefficient (Wildman–Crippen LogP) is 6.12. The lowest BCUT2D eigenvalue weighted by molar-refractivity contribution is 0.345. The minimum atomic E-state index is 0.0797. The average Bonchev–Trinajstić information content (AvgIpc) is 2.46. The van der Waals surface area contributed by atoms with E-state index in [1.807, 2.05) is 12.1 Å². The highest BCUT2D eigenvalue weighted by Gasteiger charge is 2.39. The van der Waals surface area contributed by atoms with Crippen LogP contribution in [0, 0.1) is 5.92 Å². The van der Waals surface area contributed by atoms with E-state index in [1.165, 1.54) is 5.57 Å². The van der Waals surface area contributed by atoms with Crippen LogP contribution in [-0.2, 0) is 6.42 Å². The summed E-state index contributed by atoms with van der Waals surface area (Å²) in [6, 6.07) is 3.67. The van der Waals surface area contributed by atoms with E-state index >= 15 is 0 Å². The van der Waals surface area contributed by atoms with Crippen LogP contribution in [0.25, 0.3) is 0 Å². The summed E-state index contributed by atoms with van der Waals surface area (Å²) < 4.78 is 1.19. The zero-order valence-corrected chi connectivity index (χ0v) is 18.4. The molecule has 23 heavy (non-hydrogen) atoms. The first-order valence-corrected chi connectivity index (χ1v) is 10.9. The molecule has 0 heterocycles. The SMILES string of the molecule is CCCc1cc(O)c([C@@H]2C=C(C)CC[C@H]2C(C)(I)CI)c(O)c1. The van der Waals surface area contributed by atoms with Crippen molar-refractivity contribution in [2.24, 2.45) is 5.92 Å². The number of hydrogen-bond acceptors (Lipinski definition) is 2. The first-order valence-electron chi connectivity index (χ1n) is 8.27. The zero-order chi connectivity index (χ0) is 17.2. The molecule has 1 aromatic carbocycles. The predicted molar refractivity (Wildman–Crippen MR) is 114 cm³/mol. The maximum absolute atomic E-state index is 10.6. The fourth-order valence-electron chi connectivity index (χ4n) is 3.58. The third-order valence-electron chi connectivity index (χ3n) is 4.85. The smallest absolute Gasteiger partial charge is 0.123 e. The number of alkyl halides is 2. The normalized spacial score (nSPS) is 24.1. The van der Waals surface area contributed by atoms with Gasteiger partial charge in [-0.2, -0.15) is 0 Å². The molecule has 0 spiro atoms. The van der Waals surface area contributed by atoms with Crippen LogP contribution in [0.15, 0.2) is 23.8 Å². The molecule has 128 valence electrons. The number of benzene rings is 1. The molecular formula is C19H26I2O2. The van der Waals surface area contributed by atoms with Crippen molar-refractivity contribution in [1.29, 1.82) is 0 Å². The van der Waals surface area contributed by atoms with Crippen LogP contribution in [-0.4, -0.2) is 18.1 Å². The Bertz CT molecular complexity index is 570. The van der Waals surface area contributed by atoms with Crippen LogP contribution >= 0.6 is 45.2 Å². The molecular weight excluding hydrogens is 514 g/mol. The van der Waals surface area contributed by atoms with Crippen LogP contribution in [0.3, 0.4) is 0 Å². The van der Waals surface area contributed by atoms with Gasteiger partial charge >= 0.3 is 0 Å². The van der Waals surface area contributed by atoms with E-state index in [-0.39, 0.29) is 20.8 Å². The molecule has 0 aromatic heterocycles. The minimum absolute atomic E-state index is 0.0797. The van der Waals surface area contributed by atoms with Gasteiger partial charge in [0.05, 0.1) is 0 Å². The number of allylic oxidation sites excluding steroid dienone is 2. The minimum Gasteiger partial charge on any atom is -0.507 e. The molecule has 1 unspecified atom stereocenters. The van der Waals surface area contributed by atoms with Crippen molar-refractivity contribution in [3.05, 3.63) is 34.9 Å². The standard InChI is InChI=1S/C19H26I2O2/c1-4-5-13-9-16(22)18(17(23)10-13)14-8-12(2)6-7-15(14)19(3,21)11-20/h8-10,14-15,22-23H,4-7,11H2,1-3H3/t14-,15-,19?/m1/s1. The van der Waals surface area contributed by atoms with E-state index in [1.54, 1.807) is 0 Å². The lowest BCUT2D eigenvalue weighted by atomic mass is 9.71. The number of rotatable bonds is 5. The Labute approximate surface area is 167 Å². The summed E-state index contributed by atoms with van der Waals surface area (Å²) in [4.78, 5) is 0. The molecule has 1 aliphatic carbocycles. The van der Waals surface area contributed by atoms with Crippen LogP contribution in [0.1, 0.15) is 57.1 Å². The van der Waals surface area contributed by atoms with Gasteiger partial charge in [-0.3, -0.25) is 0 Å². The van der Waals surface area contributed by atoms with Gasteiger partial charge in [0.15, 0.2) is 0 Å². The maximum atomic E-state index is 10.6. The number of hydrogen-bond donors (Lipinski definition) is 2. The van der Waals surface area contributed by atoms with Crippen molar-refractivity contribution in [1.82, 2.24) is 0 Å². The van der Waals surface area contributed by atoms with Crippen LogP contribution in [0.4, 0.5) is 0 Å². The van der Waals surface area contributed by atoms with Crippen LogP contribution in [0.5, 0.6) is 11.5 Å². The number of aromatic hydroxyl groups is 2. The molecule has 1 aromatic rings. The zero-order valence-electron chi connectivity index (χ0n) is 14.1. The molecule has 0 amide bonds. The average molecular weight is 540 g/mol. The summed E-state index contributed by atoms with van der Waals surface area (Å²) in [5.74, 6) is 0.985. The molecule has 3 atom stereocenters. The number of halogens is 2. The van der Waals surface area contributed by atoms with Crippen molar-refractivity contribution in [2.45, 2.75) is 55.8 Å². The highest BCUT2D eigenvalue weighted by atomic mass is 127. The molecule has 0 fully saturated rings. The van der Waals surface area contributed by atoms with E-state index < -0.39 is 0 Å². The lowest BCUT2D eigenvalue weighted by Gasteiger charge is -2.39. The molecule has 0 radical (unpaired) electrons. The lowest BCUT2D eigenvalue weighted by Crippen LogP contribution is -2.35. The molecule has 2 rings (SSSR count). The molecule has 0 aliphatic heterocycles.